The van der Waals surface area contributed by atoms with Gasteiger partial charge in [0.25, 0.3) is 11.8 Å². The Morgan fingerprint density at radius 3 is 2.24 bits per heavy atom. The molecule has 1 aromatic carbocycles. The summed E-state index contributed by atoms with van der Waals surface area (Å²) in [5, 5.41) is 3.59. The van der Waals surface area contributed by atoms with Gasteiger partial charge in [-0.25, -0.2) is 0 Å². The molecule has 1 N–H and O–H groups in total. The molecule has 2 aromatic rings. The second-order valence-corrected chi connectivity index (χ2v) is 7.14. The molecule has 4 heteroatoms. The first-order valence-corrected chi connectivity index (χ1v) is 8.57. The summed E-state index contributed by atoms with van der Waals surface area (Å²) in [5.41, 5.74) is 6.12. The number of allylic oxidation sites excluding steroid dienone is 2. The molecule has 4 nitrogen and oxygen atoms in total. The summed E-state index contributed by atoms with van der Waals surface area (Å²) in [6.07, 6.45) is 0. The quantitative estimate of drug-likeness (QED) is 0.668. The van der Waals surface area contributed by atoms with Crippen molar-refractivity contribution < 1.29 is 9.59 Å². The van der Waals surface area contributed by atoms with Gasteiger partial charge in [0.2, 0.25) is 0 Å². The molecule has 1 fully saturated rings. The number of amides is 2. The van der Waals surface area contributed by atoms with E-state index in [0.29, 0.717) is 11.1 Å². The van der Waals surface area contributed by atoms with Crippen LogP contribution in [0.5, 0.6) is 0 Å². The number of aromatic nitrogens is 1. The van der Waals surface area contributed by atoms with Crippen molar-refractivity contribution >= 4 is 28.3 Å². The molecule has 1 aliphatic rings. The summed E-state index contributed by atoms with van der Waals surface area (Å²) in [7, 11) is 2.03. The molecule has 0 atom stereocenters. The third-order valence-electron chi connectivity index (χ3n) is 4.95. The average molecular weight is 336 g/mol. The Hall–Kier alpha value is -2.62. The van der Waals surface area contributed by atoms with Gasteiger partial charge in [-0.05, 0) is 38.3 Å². The number of benzene rings is 1. The van der Waals surface area contributed by atoms with Crippen LogP contribution in [0.4, 0.5) is 0 Å². The Balaban J connectivity index is 2.48. The summed E-state index contributed by atoms with van der Waals surface area (Å²) in [6.45, 7) is 9.96. The minimum Gasteiger partial charge on any atom is -0.347 e. The second-order valence-electron chi connectivity index (χ2n) is 7.14. The van der Waals surface area contributed by atoms with Crippen molar-refractivity contribution in [2.24, 2.45) is 13.0 Å². The second kappa shape index (κ2) is 6.03. The van der Waals surface area contributed by atoms with Gasteiger partial charge in [-0.3, -0.25) is 14.9 Å². The Bertz CT molecular complexity index is 967. The van der Waals surface area contributed by atoms with Crippen LogP contribution in [0, 0.1) is 12.8 Å². The number of hydrogen-bond donors (Lipinski definition) is 1. The van der Waals surface area contributed by atoms with Crippen LogP contribution < -0.4 is 5.32 Å². The lowest BCUT2D eigenvalue weighted by molar-refractivity contribution is -0.123. The first-order valence-electron chi connectivity index (χ1n) is 8.57. The van der Waals surface area contributed by atoms with Crippen LogP contribution in [0.15, 0.2) is 41.0 Å². The topological polar surface area (TPSA) is 51.1 Å². The zero-order chi connectivity index (χ0) is 18.5. The molecule has 25 heavy (non-hydrogen) atoms. The smallest absolute Gasteiger partial charge is 0.259 e. The van der Waals surface area contributed by atoms with Crippen LogP contribution in [0.2, 0.25) is 0 Å². The highest BCUT2D eigenvalue weighted by molar-refractivity contribution is 6.28. The van der Waals surface area contributed by atoms with Crippen molar-refractivity contribution in [1.29, 1.82) is 0 Å². The maximum absolute atomic E-state index is 12.6. The fourth-order valence-corrected chi connectivity index (χ4v) is 3.75. The third-order valence-corrected chi connectivity index (χ3v) is 4.95. The summed E-state index contributed by atoms with van der Waals surface area (Å²) in [4.78, 5) is 25.0. The zero-order valence-corrected chi connectivity index (χ0v) is 15.7. The van der Waals surface area contributed by atoms with E-state index in [0.717, 1.165) is 33.3 Å². The van der Waals surface area contributed by atoms with Gasteiger partial charge in [0, 0.05) is 29.2 Å². The fourth-order valence-electron chi connectivity index (χ4n) is 3.75. The largest absolute Gasteiger partial charge is 0.347 e. The van der Waals surface area contributed by atoms with Crippen molar-refractivity contribution in [3.05, 3.63) is 52.2 Å². The Kier molecular flexibility index (Phi) is 4.15. The number of fused-ring (bicyclic) bond motifs is 1. The monoisotopic (exact) mass is 336 g/mol. The van der Waals surface area contributed by atoms with Gasteiger partial charge in [0.1, 0.15) is 0 Å². The van der Waals surface area contributed by atoms with Gasteiger partial charge in [-0.1, -0.05) is 37.6 Å². The zero-order valence-electron chi connectivity index (χ0n) is 15.7. The van der Waals surface area contributed by atoms with Crippen LogP contribution in [0.25, 0.3) is 16.5 Å². The van der Waals surface area contributed by atoms with Gasteiger partial charge in [-0.15, -0.1) is 0 Å². The summed E-state index contributed by atoms with van der Waals surface area (Å²) < 4.78 is 2.14. The van der Waals surface area contributed by atoms with Gasteiger partial charge >= 0.3 is 0 Å². The summed E-state index contributed by atoms with van der Waals surface area (Å²) in [5.74, 6) is -0.487. The first-order chi connectivity index (χ1) is 11.8. The van der Waals surface area contributed by atoms with Crippen LogP contribution in [0.3, 0.4) is 0 Å². The van der Waals surface area contributed by atoms with Crippen molar-refractivity contribution in [3.63, 3.8) is 0 Å². The van der Waals surface area contributed by atoms with E-state index in [1.165, 1.54) is 0 Å². The maximum atomic E-state index is 12.6. The molecule has 0 radical (unpaired) electrons. The van der Waals surface area contributed by atoms with Crippen LogP contribution in [-0.4, -0.2) is 16.4 Å². The van der Waals surface area contributed by atoms with Gasteiger partial charge in [-0.2, -0.15) is 0 Å². The number of rotatable bonds is 2. The Labute approximate surface area is 148 Å². The molecule has 1 aliphatic heterocycles. The molecule has 2 amide bonds. The predicted octanol–water partition coefficient (Wildman–Crippen LogP) is 3.89. The molecule has 1 saturated heterocycles. The molecule has 0 spiro atoms. The maximum Gasteiger partial charge on any atom is 0.259 e. The van der Waals surface area contributed by atoms with Gasteiger partial charge < -0.3 is 4.57 Å². The highest BCUT2D eigenvalue weighted by Crippen LogP contribution is 2.40. The van der Waals surface area contributed by atoms with Crippen molar-refractivity contribution in [1.82, 2.24) is 9.88 Å². The van der Waals surface area contributed by atoms with E-state index >= 15 is 0 Å². The molecule has 0 unspecified atom stereocenters. The molecular formula is C21H24N2O2. The van der Waals surface area contributed by atoms with Crippen LogP contribution in [-0.2, 0) is 16.6 Å². The number of nitrogens with one attached hydrogen (secondary N) is 1. The lowest BCUT2D eigenvalue weighted by Gasteiger charge is -2.16. The molecule has 0 saturated carbocycles. The van der Waals surface area contributed by atoms with Crippen molar-refractivity contribution in [2.75, 3.05) is 0 Å². The van der Waals surface area contributed by atoms with E-state index in [2.05, 4.69) is 42.8 Å². The summed E-state index contributed by atoms with van der Waals surface area (Å²) >= 11 is 0. The molecule has 0 bridgehead atoms. The molecule has 0 aliphatic carbocycles. The number of carbonyl (C=O) groups excluding carboxylic acids is 2. The molecule has 130 valence electrons. The lowest BCUT2D eigenvalue weighted by atomic mass is 9.85. The van der Waals surface area contributed by atoms with Gasteiger partial charge in [0.05, 0.1) is 11.1 Å². The average Bonchev–Trinajstić information content (AvgIpc) is 2.97. The minimum absolute atomic E-state index is 0.102. The third kappa shape index (κ3) is 2.53. The SMILES string of the molecule is CC(C)=C1C(=O)NC(=O)/C1=C(/c1c(C)n(C)c2ccccc12)C(C)C. The molecular weight excluding hydrogens is 312 g/mol. The number of imide groups is 1. The normalized spacial score (nSPS) is 16.8. The Morgan fingerprint density at radius 2 is 1.64 bits per heavy atom. The number of carbonyl (C=O) groups is 2. The number of hydrogen-bond acceptors (Lipinski definition) is 2. The Morgan fingerprint density at radius 1 is 1.04 bits per heavy atom. The standard InChI is InChI=1S/C21H24N2O2/c1-11(2)16(19-17(12(3)4)20(24)22-21(19)25)18-13(5)23(6)15-10-8-7-9-14(15)18/h7-11H,1-6H3,(H,22,24,25)/b19-16+. The van der Waals surface area contributed by atoms with E-state index in [4.69, 9.17) is 0 Å². The van der Waals surface area contributed by atoms with E-state index in [-0.39, 0.29) is 17.7 Å². The first kappa shape index (κ1) is 17.2. The van der Waals surface area contributed by atoms with E-state index in [9.17, 15) is 9.59 Å². The highest BCUT2D eigenvalue weighted by atomic mass is 16.2. The van der Waals surface area contributed by atoms with E-state index in [1.807, 2.05) is 33.0 Å². The number of aryl methyl sites for hydroxylation is 1. The fraction of sp³-hybridized carbons (Fsp3) is 0.333. The van der Waals surface area contributed by atoms with E-state index in [1.54, 1.807) is 0 Å². The molecule has 2 heterocycles. The van der Waals surface area contributed by atoms with Crippen LogP contribution >= 0.6 is 0 Å². The highest BCUT2D eigenvalue weighted by Gasteiger charge is 2.36. The predicted molar refractivity (Wildman–Crippen MR) is 101 cm³/mol. The van der Waals surface area contributed by atoms with Crippen LogP contribution in [0.1, 0.15) is 39.0 Å². The minimum atomic E-state index is -0.295. The van der Waals surface area contributed by atoms with Gasteiger partial charge in [0.15, 0.2) is 0 Å². The van der Waals surface area contributed by atoms with Crippen molar-refractivity contribution in [3.8, 4) is 0 Å². The van der Waals surface area contributed by atoms with Crippen molar-refractivity contribution in [2.45, 2.75) is 34.6 Å². The molecule has 3 rings (SSSR count). The molecule has 1 aromatic heterocycles. The lowest BCUT2D eigenvalue weighted by Crippen LogP contribution is -2.20. The number of nitrogens with zero attached hydrogens (tertiary/aromatic N) is 1. The number of para-hydroxylation sites is 1. The van der Waals surface area contributed by atoms with E-state index < -0.39 is 0 Å². The summed E-state index contributed by atoms with van der Waals surface area (Å²) in [6, 6.07) is 8.18.